The van der Waals surface area contributed by atoms with Gasteiger partial charge in [-0.1, -0.05) is 52.1 Å². The molecule has 0 atom stereocenters. The number of pyridine rings is 1. The molecule has 2 aromatic carbocycles. The van der Waals surface area contributed by atoms with E-state index in [9.17, 15) is 4.79 Å². The zero-order chi connectivity index (χ0) is 28.7. The van der Waals surface area contributed by atoms with E-state index in [-0.39, 0.29) is 11.3 Å². The number of aromatic nitrogens is 1. The third-order valence-corrected chi connectivity index (χ3v) is 6.74. The first-order chi connectivity index (χ1) is 18.5. The molecule has 0 aliphatic heterocycles. The largest absolute Gasteiger partial charge is 0.492 e. The first-order valence-corrected chi connectivity index (χ1v) is 14.1. The van der Waals surface area contributed by atoms with E-state index in [1.54, 1.807) is 31.6 Å². The van der Waals surface area contributed by atoms with E-state index in [2.05, 4.69) is 42.7 Å². The van der Waals surface area contributed by atoms with Gasteiger partial charge in [-0.25, -0.2) is 5.84 Å². The van der Waals surface area contributed by atoms with E-state index >= 15 is 0 Å². The lowest BCUT2D eigenvalue weighted by Crippen LogP contribution is -2.27. The third kappa shape index (κ3) is 7.46. The lowest BCUT2D eigenvalue weighted by Gasteiger charge is -2.24. The van der Waals surface area contributed by atoms with Crippen LogP contribution in [0, 0.1) is 6.92 Å². The van der Waals surface area contributed by atoms with Gasteiger partial charge < -0.3 is 20.5 Å². The van der Waals surface area contributed by atoms with Crippen molar-refractivity contribution in [2.45, 2.75) is 52.9 Å². The predicted molar refractivity (Wildman–Crippen MR) is 165 cm³/mol. The summed E-state index contributed by atoms with van der Waals surface area (Å²) in [4.78, 5) is 17.9. The number of carbonyl (C=O) groups excluding carboxylic acids is 1. The maximum absolute atomic E-state index is 13.4. The average Bonchev–Trinajstić information content (AvgIpc) is 2.89. The summed E-state index contributed by atoms with van der Waals surface area (Å²) in [5.74, 6) is 6.68. The predicted octanol–water partition coefficient (Wildman–Crippen LogP) is 6.23. The van der Waals surface area contributed by atoms with Crippen LogP contribution in [0.4, 0.5) is 17.1 Å². The highest BCUT2D eigenvalue weighted by molar-refractivity contribution is 7.99. The van der Waals surface area contributed by atoms with E-state index in [1.165, 1.54) is 17.0 Å². The summed E-state index contributed by atoms with van der Waals surface area (Å²) in [6.45, 7) is 10.4. The zero-order valence-electron chi connectivity index (χ0n) is 23.9. The molecule has 8 nitrogen and oxygen atoms in total. The van der Waals surface area contributed by atoms with Gasteiger partial charge in [0.05, 0.1) is 29.9 Å². The Hall–Kier alpha value is -3.69. The Morgan fingerprint density at radius 1 is 1.13 bits per heavy atom. The number of aryl methyl sites for hydroxylation is 2. The van der Waals surface area contributed by atoms with Crippen molar-refractivity contribution in [1.82, 2.24) is 4.98 Å². The minimum Gasteiger partial charge on any atom is -0.492 e. The second-order valence-corrected chi connectivity index (χ2v) is 11.0. The SMILES string of the molecule is CCCc1ccc(/C(N)=C/N(N)c2cc(C(=O)Nc3cc(C(C)(C)C)cc(NSC)c3OC)ccc2C)cn1. The molecule has 0 spiro atoms. The molecule has 39 heavy (non-hydrogen) atoms. The van der Waals surface area contributed by atoms with Crippen LogP contribution in [0.25, 0.3) is 5.70 Å². The minimum absolute atomic E-state index is 0.129. The molecule has 0 saturated heterocycles. The number of hydrogen-bond acceptors (Lipinski definition) is 8. The average molecular weight is 549 g/mol. The number of nitrogens with zero attached hydrogens (tertiary/aromatic N) is 2. The van der Waals surface area contributed by atoms with Gasteiger partial charge in [-0.3, -0.25) is 14.8 Å². The molecule has 0 radical (unpaired) electrons. The van der Waals surface area contributed by atoms with E-state index in [1.807, 2.05) is 43.5 Å². The van der Waals surface area contributed by atoms with Crippen molar-refractivity contribution >= 4 is 40.6 Å². The number of benzene rings is 2. The molecular weight excluding hydrogens is 508 g/mol. The summed E-state index contributed by atoms with van der Waals surface area (Å²) in [6.07, 6.45) is 7.27. The molecule has 208 valence electrons. The van der Waals surface area contributed by atoms with Gasteiger partial charge >= 0.3 is 0 Å². The fourth-order valence-electron chi connectivity index (χ4n) is 4.08. The fourth-order valence-corrected chi connectivity index (χ4v) is 4.45. The summed E-state index contributed by atoms with van der Waals surface area (Å²) in [5.41, 5.74) is 12.9. The van der Waals surface area contributed by atoms with Crippen molar-refractivity contribution < 1.29 is 9.53 Å². The normalized spacial score (nSPS) is 11.7. The van der Waals surface area contributed by atoms with Gasteiger partial charge in [-0.2, -0.15) is 0 Å². The molecule has 6 N–H and O–H groups in total. The number of ether oxygens (including phenoxy) is 1. The molecule has 3 rings (SSSR count). The third-order valence-electron chi connectivity index (χ3n) is 6.31. The number of hydrogen-bond donors (Lipinski definition) is 4. The van der Waals surface area contributed by atoms with E-state index in [0.717, 1.165) is 40.9 Å². The van der Waals surface area contributed by atoms with Crippen molar-refractivity contribution in [3.63, 3.8) is 0 Å². The highest BCUT2D eigenvalue weighted by atomic mass is 32.2. The zero-order valence-corrected chi connectivity index (χ0v) is 24.7. The van der Waals surface area contributed by atoms with Crippen LogP contribution in [0.5, 0.6) is 5.75 Å². The first-order valence-electron chi connectivity index (χ1n) is 12.9. The van der Waals surface area contributed by atoms with Crippen molar-refractivity contribution in [2.75, 3.05) is 28.4 Å². The standard InChI is InChI=1S/C30H40N6O2S/c1-8-9-23-13-12-21(17-33-23)24(31)18-36(32)27-14-20(11-10-19(27)2)29(37)34-25-15-22(30(3,4)5)16-26(35-39-7)28(25)38-6/h10-18,35H,8-9,31-32H2,1-7H3,(H,34,37)/b24-18-. The van der Waals surface area contributed by atoms with Gasteiger partial charge in [0, 0.05) is 35.5 Å². The van der Waals surface area contributed by atoms with Gasteiger partial charge in [0.25, 0.3) is 5.91 Å². The summed E-state index contributed by atoms with van der Waals surface area (Å²) in [6, 6.07) is 13.3. The minimum atomic E-state index is -0.281. The molecule has 1 heterocycles. The molecule has 3 aromatic rings. The van der Waals surface area contributed by atoms with Gasteiger partial charge in [0.15, 0.2) is 5.75 Å². The Kier molecular flexibility index (Phi) is 9.88. The lowest BCUT2D eigenvalue weighted by molar-refractivity contribution is 0.102. The van der Waals surface area contributed by atoms with Crippen LogP contribution in [0.3, 0.4) is 0 Å². The van der Waals surface area contributed by atoms with Crippen molar-refractivity contribution in [2.24, 2.45) is 11.6 Å². The maximum atomic E-state index is 13.4. The number of methoxy groups -OCH3 is 1. The van der Waals surface area contributed by atoms with Crippen molar-refractivity contribution in [3.05, 3.63) is 82.8 Å². The Balaban J connectivity index is 1.90. The Labute approximate surface area is 236 Å². The van der Waals surface area contributed by atoms with Crippen LogP contribution in [0.1, 0.15) is 66.9 Å². The quantitative estimate of drug-likeness (QED) is 0.134. The van der Waals surface area contributed by atoms with Gasteiger partial charge in [0.2, 0.25) is 0 Å². The van der Waals surface area contributed by atoms with Crippen LogP contribution >= 0.6 is 11.9 Å². The summed E-state index contributed by atoms with van der Waals surface area (Å²) in [7, 11) is 1.59. The number of nitrogens with two attached hydrogens (primary N) is 2. The van der Waals surface area contributed by atoms with E-state index in [4.69, 9.17) is 16.3 Å². The number of rotatable bonds is 10. The monoisotopic (exact) mass is 548 g/mol. The molecule has 1 aromatic heterocycles. The highest BCUT2D eigenvalue weighted by Gasteiger charge is 2.21. The molecule has 9 heteroatoms. The fraction of sp³-hybridized carbons (Fsp3) is 0.333. The Morgan fingerprint density at radius 3 is 2.41 bits per heavy atom. The number of amides is 1. The van der Waals surface area contributed by atoms with E-state index in [0.29, 0.717) is 28.4 Å². The first kappa shape index (κ1) is 29.9. The molecule has 1 amide bonds. The number of anilines is 3. The van der Waals surface area contributed by atoms with Crippen molar-refractivity contribution in [3.8, 4) is 5.75 Å². The summed E-state index contributed by atoms with van der Waals surface area (Å²) < 4.78 is 8.94. The highest BCUT2D eigenvalue weighted by Crippen LogP contribution is 2.39. The Bertz CT molecular complexity index is 1330. The summed E-state index contributed by atoms with van der Waals surface area (Å²) >= 11 is 1.46. The molecule has 0 fully saturated rings. The van der Waals surface area contributed by atoms with E-state index < -0.39 is 0 Å². The summed E-state index contributed by atoms with van der Waals surface area (Å²) in [5, 5.41) is 4.47. The molecular formula is C30H40N6O2S. The second-order valence-electron chi connectivity index (χ2n) is 10.4. The topological polar surface area (TPSA) is 119 Å². The van der Waals surface area contributed by atoms with Crippen LogP contribution in [0.15, 0.2) is 54.9 Å². The Morgan fingerprint density at radius 2 is 1.82 bits per heavy atom. The molecule has 0 aliphatic carbocycles. The van der Waals surface area contributed by atoms with Crippen LogP contribution < -0.4 is 31.4 Å². The second kappa shape index (κ2) is 12.9. The number of nitrogens with one attached hydrogen (secondary N) is 2. The molecule has 0 bridgehead atoms. The lowest BCUT2D eigenvalue weighted by atomic mass is 9.86. The molecule has 0 aliphatic rings. The van der Waals surface area contributed by atoms with Crippen LogP contribution in [-0.4, -0.2) is 24.3 Å². The van der Waals surface area contributed by atoms with Gasteiger partial charge in [-0.15, -0.1) is 0 Å². The van der Waals surface area contributed by atoms with Crippen LogP contribution in [-0.2, 0) is 11.8 Å². The maximum Gasteiger partial charge on any atom is 0.255 e. The number of carbonyl (C=O) groups is 1. The van der Waals surface area contributed by atoms with Crippen molar-refractivity contribution in [1.29, 1.82) is 0 Å². The van der Waals surface area contributed by atoms with Gasteiger partial charge in [-0.05, 0) is 66.3 Å². The van der Waals surface area contributed by atoms with Crippen LogP contribution in [0.2, 0.25) is 0 Å². The van der Waals surface area contributed by atoms with Gasteiger partial charge in [0.1, 0.15) is 0 Å². The smallest absolute Gasteiger partial charge is 0.255 e. The molecule has 0 unspecified atom stereocenters. The number of hydrazine groups is 1. The molecule has 0 saturated carbocycles.